The van der Waals surface area contributed by atoms with Gasteiger partial charge in [0, 0.05) is 11.1 Å². The first-order chi connectivity index (χ1) is 8.13. The van der Waals surface area contributed by atoms with E-state index in [4.69, 9.17) is 5.11 Å². The zero-order valence-corrected chi connectivity index (χ0v) is 9.50. The van der Waals surface area contributed by atoms with E-state index >= 15 is 0 Å². The lowest BCUT2D eigenvalue weighted by atomic mass is 10.2. The molecule has 2 N–H and O–H groups in total. The van der Waals surface area contributed by atoms with Crippen molar-refractivity contribution in [2.45, 2.75) is 19.6 Å². The predicted molar refractivity (Wildman–Crippen MR) is 63.8 cm³/mol. The Bertz CT molecular complexity index is 592. The number of nitrogens with zero attached hydrogens (tertiary/aromatic N) is 2. The summed E-state index contributed by atoms with van der Waals surface area (Å²) < 4.78 is 1.55. The first kappa shape index (κ1) is 11.8. The molecule has 0 saturated carbocycles. The maximum absolute atomic E-state index is 11.7. The Hall–Kier alpha value is -1.72. The Morgan fingerprint density at radius 2 is 2.12 bits per heavy atom. The lowest BCUT2D eigenvalue weighted by molar-refractivity contribution is 0.0779. The van der Waals surface area contributed by atoms with Crippen LogP contribution in [0.15, 0.2) is 29.1 Å². The third-order valence-electron chi connectivity index (χ3n) is 2.70. The van der Waals surface area contributed by atoms with Gasteiger partial charge in [-0.3, -0.25) is 9.48 Å². The molecule has 2 rings (SSSR count). The van der Waals surface area contributed by atoms with Gasteiger partial charge in [-0.15, -0.1) is 0 Å². The van der Waals surface area contributed by atoms with Crippen molar-refractivity contribution in [3.8, 4) is 0 Å². The molecule has 90 valence electrons. The third kappa shape index (κ3) is 2.20. The highest BCUT2D eigenvalue weighted by atomic mass is 16.3. The Kier molecular flexibility index (Phi) is 3.21. The molecule has 0 radical (unpaired) electrons. The monoisotopic (exact) mass is 234 g/mol. The summed E-state index contributed by atoms with van der Waals surface area (Å²) in [5.41, 5.74) is 1.05. The van der Waals surface area contributed by atoms with Crippen LogP contribution in [0.3, 0.4) is 0 Å². The molecule has 0 aliphatic rings. The van der Waals surface area contributed by atoms with E-state index in [1.54, 1.807) is 16.8 Å². The zero-order chi connectivity index (χ0) is 12.4. The molecule has 1 aromatic carbocycles. The minimum Gasteiger partial charge on any atom is -0.394 e. The molecule has 1 heterocycles. The highest BCUT2D eigenvalue weighted by Gasteiger charge is 2.11. The molecule has 1 atom stereocenters. The zero-order valence-electron chi connectivity index (χ0n) is 9.50. The van der Waals surface area contributed by atoms with Crippen LogP contribution in [0.25, 0.3) is 10.9 Å². The van der Waals surface area contributed by atoms with Crippen molar-refractivity contribution in [3.63, 3.8) is 0 Å². The SMILES string of the molecule is Cc1c2ccccc(=O)c2nn1CC(O)CO. The standard InChI is InChI=1S/C12H14N2O3/c1-8-10-4-2-3-5-11(17)12(10)13-14(8)6-9(16)7-15/h2-5,9,15-16H,6-7H2,1H3. The smallest absolute Gasteiger partial charge is 0.206 e. The second kappa shape index (κ2) is 4.65. The number of aliphatic hydroxyl groups excluding tert-OH is 2. The summed E-state index contributed by atoms with van der Waals surface area (Å²) in [6.07, 6.45) is -0.869. The molecule has 0 saturated heterocycles. The van der Waals surface area contributed by atoms with Crippen molar-refractivity contribution < 1.29 is 10.2 Å². The number of rotatable bonds is 3. The van der Waals surface area contributed by atoms with E-state index in [2.05, 4.69) is 5.10 Å². The molecule has 5 nitrogen and oxygen atoms in total. The summed E-state index contributed by atoms with van der Waals surface area (Å²) >= 11 is 0. The van der Waals surface area contributed by atoms with Crippen LogP contribution < -0.4 is 5.43 Å². The molecular formula is C12H14N2O3. The Morgan fingerprint density at radius 1 is 1.41 bits per heavy atom. The number of fused-ring (bicyclic) bond motifs is 1. The van der Waals surface area contributed by atoms with Gasteiger partial charge in [-0.1, -0.05) is 18.2 Å². The lowest BCUT2D eigenvalue weighted by Gasteiger charge is -2.08. The van der Waals surface area contributed by atoms with Gasteiger partial charge in [-0.25, -0.2) is 0 Å². The van der Waals surface area contributed by atoms with Gasteiger partial charge in [-0.05, 0) is 13.0 Å². The fraction of sp³-hybridized carbons (Fsp3) is 0.333. The van der Waals surface area contributed by atoms with Crippen molar-refractivity contribution in [1.29, 1.82) is 0 Å². The summed E-state index contributed by atoms with van der Waals surface area (Å²) in [4.78, 5) is 11.7. The molecule has 17 heavy (non-hydrogen) atoms. The first-order valence-corrected chi connectivity index (χ1v) is 5.39. The lowest BCUT2D eigenvalue weighted by Crippen LogP contribution is -2.21. The molecule has 1 aromatic heterocycles. The summed E-state index contributed by atoms with van der Waals surface area (Å²) in [5.74, 6) is 0. The van der Waals surface area contributed by atoms with Crippen LogP contribution in [0.2, 0.25) is 0 Å². The molecule has 0 aliphatic carbocycles. The highest BCUT2D eigenvalue weighted by molar-refractivity contribution is 5.80. The molecule has 1 unspecified atom stereocenters. The van der Waals surface area contributed by atoms with Crippen molar-refractivity contribution >= 4 is 10.9 Å². The predicted octanol–water partition coefficient (Wildman–Crippen LogP) is 0.0581. The van der Waals surface area contributed by atoms with Crippen molar-refractivity contribution in [2.24, 2.45) is 0 Å². The van der Waals surface area contributed by atoms with Crippen molar-refractivity contribution in [2.75, 3.05) is 6.61 Å². The normalized spacial score (nSPS) is 12.9. The summed E-state index contributed by atoms with van der Waals surface area (Å²) in [5, 5.41) is 23.1. The largest absolute Gasteiger partial charge is 0.394 e. The van der Waals surface area contributed by atoms with Crippen molar-refractivity contribution in [1.82, 2.24) is 9.78 Å². The summed E-state index contributed by atoms with van der Waals surface area (Å²) in [7, 11) is 0. The van der Waals surface area contributed by atoms with E-state index in [9.17, 15) is 9.90 Å². The van der Waals surface area contributed by atoms with Crippen LogP contribution in [0.4, 0.5) is 0 Å². The maximum atomic E-state index is 11.7. The fourth-order valence-corrected chi connectivity index (χ4v) is 1.75. The van der Waals surface area contributed by atoms with Crippen LogP contribution in [-0.2, 0) is 6.54 Å². The van der Waals surface area contributed by atoms with Crippen LogP contribution in [0.1, 0.15) is 5.69 Å². The van der Waals surface area contributed by atoms with Gasteiger partial charge >= 0.3 is 0 Å². The summed E-state index contributed by atoms with van der Waals surface area (Å²) in [6, 6.07) is 6.74. The number of hydrogen-bond acceptors (Lipinski definition) is 4. The van der Waals surface area contributed by atoms with Crippen LogP contribution >= 0.6 is 0 Å². The summed E-state index contributed by atoms with van der Waals surface area (Å²) in [6.45, 7) is 1.69. The Balaban J connectivity index is 2.59. The van der Waals surface area contributed by atoms with Gasteiger partial charge in [0.1, 0.15) is 5.52 Å². The van der Waals surface area contributed by atoms with E-state index < -0.39 is 6.10 Å². The van der Waals surface area contributed by atoms with Crippen LogP contribution in [0.5, 0.6) is 0 Å². The van der Waals surface area contributed by atoms with E-state index in [1.165, 1.54) is 6.07 Å². The van der Waals surface area contributed by atoms with Crippen LogP contribution in [0, 0.1) is 6.92 Å². The second-order valence-corrected chi connectivity index (χ2v) is 3.95. The molecular weight excluding hydrogens is 220 g/mol. The minimum absolute atomic E-state index is 0.148. The topological polar surface area (TPSA) is 75.4 Å². The van der Waals surface area contributed by atoms with E-state index in [0.717, 1.165) is 11.1 Å². The number of aryl methyl sites for hydroxylation is 1. The minimum atomic E-state index is -0.869. The van der Waals surface area contributed by atoms with Gasteiger partial charge in [0.15, 0.2) is 0 Å². The maximum Gasteiger partial charge on any atom is 0.206 e. The highest BCUT2D eigenvalue weighted by Crippen LogP contribution is 2.13. The fourth-order valence-electron chi connectivity index (χ4n) is 1.75. The third-order valence-corrected chi connectivity index (χ3v) is 2.70. The molecule has 2 aromatic rings. The number of aromatic nitrogens is 2. The average Bonchev–Trinajstić information content (AvgIpc) is 2.50. The Labute approximate surface area is 97.9 Å². The number of hydrogen-bond donors (Lipinski definition) is 2. The van der Waals surface area contributed by atoms with Gasteiger partial charge in [0.05, 0.1) is 19.3 Å². The Morgan fingerprint density at radius 3 is 2.82 bits per heavy atom. The van der Waals surface area contributed by atoms with Gasteiger partial charge in [0.25, 0.3) is 0 Å². The van der Waals surface area contributed by atoms with Gasteiger partial charge in [0.2, 0.25) is 5.43 Å². The van der Waals surface area contributed by atoms with Crippen molar-refractivity contribution in [3.05, 3.63) is 40.2 Å². The molecule has 5 heteroatoms. The molecule has 0 amide bonds. The number of aliphatic hydroxyl groups is 2. The van der Waals surface area contributed by atoms with E-state index in [1.807, 2.05) is 13.0 Å². The molecule has 0 spiro atoms. The van der Waals surface area contributed by atoms with E-state index in [-0.39, 0.29) is 18.6 Å². The molecule has 0 fully saturated rings. The average molecular weight is 234 g/mol. The van der Waals surface area contributed by atoms with E-state index in [0.29, 0.717) is 5.52 Å². The van der Waals surface area contributed by atoms with Gasteiger partial charge < -0.3 is 10.2 Å². The first-order valence-electron chi connectivity index (χ1n) is 5.39. The van der Waals surface area contributed by atoms with Crippen LogP contribution in [-0.4, -0.2) is 32.7 Å². The molecule has 0 bridgehead atoms. The second-order valence-electron chi connectivity index (χ2n) is 3.95. The van der Waals surface area contributed by atoms with Gasteiger partial charge in [-0.2, -0.15) is 5.10 Å². The quantitative estimate of drug-likeness (QED) is 0.787. The molecule has 0 aliphatic heterocycles.